The van der Waals surface area contributed by atoms with Gasteiger partial charge >= 0.3 is 0 Å². The lowest BCUT2D eigenvalue weighted by Gasteiger charge is -2.03. The topological polar surface area (TPSA) is 0 Å². The molecule has 1 rings (SSSR count). The summed E-state index contributed by atoms with van der Waals surface area (Å²) in [6, 6.07) is 2.81. The smallest absolute Gasteiger partial charge is 0.129 e. The van der Waals surface area contributed by atoms with Crippen molar-refractivity contribution in [3.63, 3.8) is 0 Å². The Morgan fingerprint density at radius 1 is 1.00 bits per heavy atom. The minimum absolute atomic E-state index is 0.187. The average molecular weight is 170 g/mol. The molecule has 0 saturated heterocycles. The van der Waals surface area contributed by atoms with E-state index >= 15 is 0 Å². The van der Waals surface area contributed by atoms with Crippen molar-refractivity contribution in [2.24, 2.45) is 0 Å². The van der Waals surface area contributed by atoms with Gasteiger partial charge in [0.2, 0.25) is 0 Å². The summed E-state index contributed by atoms with van der Waals surface area (Å²) in [6.07, 6.45) is 1.07. The van der Waals surface area contributed by atoms with Gasteiger partial charge < -0.3 is 0 Å². The van der Waals surface area contributed by atoms with Crippen LogP contribution in [0, 0.1) is 11.6 Å². The number of halogens is 2. The fraction of sp³-hybridized carbons (Fsp3) is 0.400. The van der Waals surface area contributed by atoms with Crippen molar-refractivity contribution in [3.8, 4) is 0 Å². The van der Waals surface area contributed by atoms with Gasteiger partial charge in [0, 0.05) is 5.56 Å². The molecule has 66 valence electrons. The first-order chi connectivity index (χ1) is 5.69. The average Bonchev–Trinajstić information content (AvgIpc) is 2.03. The van der Waals surface area contributed by atoms with Crippen molar-refractivity contribution in [2.45, 2.75) is 26.7 Å². The summed E-state index contributed by atoms with van der Waals surface area (Å²) in [5.41, 5.74) is 0.898. The van der Waals surface area contributed by atoms with Crippen LogP contribution in [0.1, 0.15) is 25.0 Å². The standard InChI is InChI=1S/C10H12F2/c1-3-7-5-9(11)8(4-2)10(12)6-7/h5-6H,3-4H2,1-2H3. The summed E-state index contributed by atoms with van der Waals surface area (Å²) in [4.78, 5) is 0. The van der Waals surface area contributed by atoms with E-state index in [2.05, 4.69) is 0 Å². The number of hydrogen-bond acceptors (Lipinski definition) is 0. The molecule has 12 heavy (non-hydrogen) atoms. The number of benzene rings is 1. The molecule has 0 aliphatic heterocycles. The highest BCUT2D eigenvalue weighted by Gasteiger charge is 2.07. The highest BCUT2D eigenvalue weighted by molar-refractivity contribution is 5.26. The van der Waals surface area contributed by atoms with Gasteiger partial charge in [-0.25, -0.2) is 8.78 Å². The van der Waals surface area contributed by atoms with Crippen LogP contribution >= 0.6 is 0 Å². The summed E-state index contributed by atoms with van der Waals surface area (Å²) in [6.45, 7) is 3.62. The lowest BCUT2D eigenvalue weighted by Crippen LogP contribution is -1.95. The maximum Gasteiger partial charge on any atom is 0.129 e. The zero-order chi connectivity index (χ0) is 9.14. The van der Waals surface area contributed by atoms with Crippen molar-refractivity contribution >= 4 is 0 Å². The largest absolute Gasteiger partial charge is 0.207 e. The second kappa shape index (κ2) is 3.65. The van der Waals surface area contributed by atoms with Gasteiger partial charge in [-0.15, -0.1) is 0 Å². The van der Waals surface area contributed by atoms with Crippen LogP contribution in [0.2, 0.25) is 0 Å². The van der Waals surface area contributed by atoms with Gasteiger partial charge in [0.05, 0.1) is 0 Å². The SMILES string of the molecule is CCc1cc(F)c(CC)c(F)c1. The number of hydrogen-bond donors (Lipinski definition) is 0. The molecule has 0 amide bonds. The Morgan fingerprint density at radius 3 is 1.83 bits per heavy atom. The second-order valence-electron chi connectivity index (χ2n) is 2.75. The number of rotatable bonds is 2. The van der Waals surface area contributed by atoms with Crippen molar-refractivity contribution in [2.75, 3.05) is 0 Å². The molecule has 0 nitrogen and oxygen atoms in total. The summed E-state index contributed by atoms with van der Waals surface area (Å²) >= 11 is 0. The minimum Gasteiger partial charge on any atom is -0.207 e. The van der Waals surface area contributed by atoms with Gasteiger partial charge in [0.15, 0.2) is 0 Å². The molecular formula is C10H12F2. The predicted octanol–water partition coefficient (Wildman–Crippen LogP) is 3.09. The van der Waals surface area contributed by atoms with Crippen molar-refractivity contribution in [1.82, 2.24) is 0 Å². The van der Waals surface area contributed by atoms with E-state index in [0.29, 0.717) is 18.4 Å². The Balaban J connectivity index is 3.18. The third kappa shape index (κ3) is 1.63. The van der Waals surface area contributed by atoms with Crippen LogP contribution in [0.15, 0.2) is 12.1 Å². The first-order valence-corrected chi connectivity index (χ1v) is 4.15. The quantitative estimate of drug-likeness (QED) is 0.639. The highest BCUT2D eigenvalue weighted by Crippen LogP contribution is 2.16. The normalized spacial score (nSPS) is 10.3. The Morgan fingerprint density at radius 2 is 1.50 bits per heavy atom. The fourth-order valence-corrected chi connectivity index (χ4v) is 1.20. The van der Waals surface area contributed by atoms with Crippen LogP contribution in [0.5, 0.6) is 0 Å². The molecule has 1 aromatic rings. The molecule has 1 aromatic carbocycles. The van der Waals surface area contributed by atoms with Gasteiger partial charge in [0.1, 0.15) is 11.6 Å². The summed E-state index contributed by atoms with van der Waals surface area (Å²) in [7, 11) is 0. The first-order valence-electron chi connectivity index (χ1n) is 4.15. The molecule has 0 aliphatic carbocycles. The Hall–Kier alpha value is -0.920. The Bertz CT molecular complexity index is 256. The highest BCUT2D eigenvalue weighted by atomic mass is 19.1. The van der Waals surface area contributed by atoms with Crippen LogP contribution in [0.25, 0.3) is 0 Å². The summed E-state index contributed by atoms with van der Waals surface area (Å²) in [5, 5.41) is 0. The van der Waals surface area contributed by atoms with Gasteiger partial charge in [-0.2, -0.15) is 0 Å². The van der Waals surface area contributed by atoms with E-state index < -0.39 is 11.6 Å². The Labute approximate surface area is 71.2 Å². The second-order valence-corrected chi connectivity index (χ2v) is 2.75. The zero-order valence-electron chi connectivity index (χ0n) is 7.32. The molecule has 0 bridgehead atoms. The number of aryl methyl sites for hydroxylation is 1. The lowest BCUT2D eigenvalue weighted by atomic mass is 10.1. The van der Waals surface area contributed by atoms with Gasteiger partial charge in [-0.1, -0.05) is 13.8 Å². The lowest BCUT2D eigenvalue weighted by molar-refractivity contribution is 0.556. The van der Waals surface area contributed by atoms with Crippen molar-refractivity contribution in [1.29, 1.82) is 0 Å². The van der Waals surface area contributed by atoms with Gasteiger partial charge in [-0.05, 0) is 30.5 Å². The van der Waals surface area contributed by atoms with E-state index in [0.717, 1.165) is 0 Å². The van der Waals surface area contributed by atoms with E-state index in [-0.39, 0.29) is 5.56 Å². The van der Waals surface area contributed by atoms with Crippen molar-refractivity contribution in [3.05, 3.63) is 34.9 Å². The maximum absolute atomic E-state index is 13.1. The monoisotopic (exact) mass is 170 g/mol. The molecule has 0 aromatic heterocycles. The Kier molecular flexibility index (Phi) is 2.79. The van der Waals surface area contributed by atoms with Crippen LogP contribution in [0.3, 0.4) is 0 Å². The fourth-order valence-electron chi connectivity index (χ4n) is 1.20. The molecule has 0 N–H and O–H groups in total. The minimum atomic E-state index is -0.422. The molecule has 0 fully saturated rings. The van der Waals surface area contributed by atoms with Gasteiger partial charge in [0.25, 0.3) is 0 Å². The molecule has 0 saturated carbocycles. The van der Waals surface area contributed by atoms with Crippen LogP contribution < -0.4 is 0 Å². The molecule has 2 heteroatoms. The van der Waals surface area contributed by atoms with E-state index in [1.54, 1.807) is 6.92 Å². The summed E-state index contributed by atoms with van der Waals surface area (Å²) in [5.74, 6) is -0.844. The first kappa shape index (κ1) is 9.17. The van der Waals surface area contributed by atoms with Crippen LogP contribution in [0.4, 0.5) is 8.78 Å². The maximum atomic E-state index is 13.1. The zero-order valence-corrected chi connectivity index (χ0v) is 7.32. The van der Waals surface area contributed by atoms with E-state index in [4.69, 9.17) is 0 Å². The van der Waals surface area contributed by atoms with E-state index in [1.165, 1.54) is 12.1 Å². The van der Waals surface area contributed by atoms with Gasteiger partial charge in [-0.3, -0.25) is 0 Å². The summed E-state index contributed by atoms with van der Waals surface area (Å²) < 4.78 is 26.1. The molecule has 0 spiro atoms. The molecule has 0 radical (unpaired) electrons. The predicted molar refractivity (Wildman–Crippen MR) is 45.1 cm³/mol. The van der Waals surface area contributed by atoms with Crippen molar-refractivity contribution < 1.29 is 8.78 Å². The van der Waals surface area contributed by atoms with E-state index in [9.17, 15) is 8.78 Å². The third-order valence-electron chi connectivity index (χ3n) is 1.96. The molecule has 0 aliphatic rings. The van der Waals surface area contributed by atoms with Crippen LogP contribution in [-0.4, -0.2) is 0 Å². The van der Waals surface area contributed by atoms with Crippen LogP contribution in [-0.2, 0) is 12.8 Å². The molecular weight excluding hydrogens is 158 g/mol. The molecule has 0 heterocycles. The molecule has 0 unspecified atom stereocenters. The molecule has 0 atom stereocenters. The third-order valence-corrected chi connectivity index (χ3v) is 1.96. The van der Waals surface area contributed by atoms with E-state index in [1.807, 2.05) is 6.92 Å².